The zero-order chi connectivity index (χ0) is 14.1. The maximum atomic E-state index is 12.4. The van der Waals surface area contributed by atoms with Crippen LogP contribution < -0.4 is 5.32 Å². The molecule has 2 heteroatoms. The second-order valence-electron chi connectivity index (χ2n) is 6.61. The minimum absolute atomic E-state index is 0.118. The topological polar surface area (TPSA) is 29.1 Å². The Kier molecular flexibility index (Phi) is 3.82. The Bertz CT molecular complexity index is 479. The van der Waals surface area contributed by atoms with Gasteiger partial charge in [0.1, 0.15) is 0 Å². The molecule has 2 aliphatic carbocycles. The monoisotopic (exact) mass is 271 g/mol. The molecule has 2 bridgehead atoms. The lowest BCUT2D eigenvalue weighted by Gasteiger charge is -2.23. The minimum Gasteiger partial charge on any atom is -0.349 e. The predicted octanol–water partition coefficient (Wildman–Crippen LogP) is 3.86. The van der Waals surface area contributed by atoms with Crippen LogP contribution in [0.2, 0.25) is 0 Å². The number of amides is 1. The zero-order valence-corrected chi connectivity index (χ0v) is 12.6. The molecule has 0 radical (unpaired) electrons. The zero-order valence-electron chi connectivity index (χ0n) is 12.6. The number of hydrogen-bond donors (Lipinski definition) is 1. The van der Waals surface area contributed by atoms with Gasteiger partial charge >= 0.3 is 0 Å². The van der Waals surface area contributed by atoms with Crippen molar-refractivity contribution in [3.05, 3.63) is 35.4 Å². The van der Waals surface area contributed by atoms with Gasteiger partial charge in [-0.3, -0.25) is 4.79 Å². The second-order valence-corrected chi connectivity index (χ2v) is 6.61. The summed E-state index contributed by atoms with van der Waals surface area (Å²) in [5, 5.41) is 3.22. The van der Waals surface area contributed by atoms with E-state index in [1.165, 1.54) is 30.4 Å². The van der Waals surface area contributed by atoms with Gasteiger partial charge in [0.2, 0.25) is 5.91 Å². The van der Waals surface area contributed by atoms with E-state index in [0.29, 0.717) is 5.92 Å². The largest absolute Gasteiger partial charge is 0.349 e. The highest BCUT2D eigenvalue weighted by molar-refractivity contribution is 5.80. The van der Waals surface area contributed by atoms with E-state index < -0.39 is 0 Å². The summed E-state index contributed by atoms with van der Waals surface area (Å²) in [6, 6.07) is 8.73. The van der Waals surface area contributed by atoms with E-state index >= 15 is 0 Å². The Morgan fingerprint density at radius 2 is 2.00 bits per heavy atom. The molecule has 0 spiro atoms. The summed E-state index contributed by atoms with van der Waals surface area (Å²) >= 11 is 0. The van der Waals surface area contributed by atoms with Crippen molar-refractivity contribution in [2.24, 2.45) is 17.8 Å². The lowest BCUT2D eigenvalue weighted by atomic mass is 9.88. The fourth-order valence-corrected chi connectivity index (χ4v) is 4.01. The summed E-state index contributed by atoms with van der Waals surface area (Å²) in [7, 11) is 0. The van der Waals surface area contributed by atoms with Crippen molar-refractivity contribution in [1.29, 1.82) is 0 Å². The van der Waals surface area contributed by atoms with Crippen molar-refractivity contribution in [3.63, 3.8) is 0 Å². The number of carbonyl (C=O) groups excluding carboxylic acids is 1. The molecule has 2 aliphatic rings. The molecular weight excluding hydrogens is 246 g/mol. The summed E-state index contributed by atoms with van der Waals surface area (Å²) in [6.07, 6.45) is 6.09. The Morgan fingerprint density at radius 3 is 2.55 bits per heavy atom. The van der Waals surface area contributed by atoms with Crippen LogP contribution in [0.5, 0.6) is 0 Å². The minimum atomic E-state index is 0.118. The first-order chi connectivity index (χ1) is 9.67. The number of nitrogens with one attached hydrogen (secondary N) is 1. The number of benzene rings is 1. The lowest BCUT2D eigenvalue weighted by molar-refractivity contribution is -0.127. The average Bonchev–Trinajstić information content (AvgIpc) is 3.10. The number of rotatable bonds is 4. The van der Waals surface area contributed by atoms with Crippen molar-refractivity contribution < 1.29 is 4.79 Å². The molecule has 3 rings (SSSR count). The highest BCUT2D eigenvalue weighted by atomic mass is 16.2. The van der Waals surface area contributed by atoms with Crippen LogP contribution in [0.3, 0.4) is 0 Å². The van der Waals surface area contributed by atoms with Gasteiger partial charge in [-0.25, -0.2) is 0 Å². The maximum Gasteiger partial charge on any atom is 0.223 e. The van der Waals surface area contributed by atoms with Gasteiger partial charge in [-0.1, -0.05) is 37.6 Å². The average molecular weight is 271 g/mol. The van der Waals surface area contributed by atoms with Gasteiger partial charge in [-0.05, 0) is 55.6 Å². The molecule has 0 saturated heterocycles. The summed E-state index contributed by atoms with van der Waals surface area (Å²) in [5.74, 6) is 2.06. The molecular formula is C18H25NO. The van der Waals surface area contributed by atoms with Crippen LogP contribution in [0.15, 0.2) is 24.3 Å². The van der Waals surface area contributed by atoms with Gasteiger partial charge in [0, 0.05) is 5.92 Å². The van der Waals surface area contributed by atoms with Crippen LogP contribution in [-0.4, -0.2) is 5.91 Å². The van der Waals surface area contributed by atoms with E-state index in [4.69, 9.17) is 0 Å². The fourth-order valence-electron chi connectivity index (χ4n) is 4.01. The molecule has 2 nitrogen and oxygen atoms in total. The maximum absolute atomic E-state index is 12.4. The number of hydrogen-bond acceptors (Lipinski definition) is 1. The molecule has 108 valence electrons. The van der Waals surface area contributed by atoms with E-state index in [-0.39, 0.29) is 17.9 Å². The molecule has 0 aliphatic heterocycles. The van der Waals surface area contributed by atoms with Gasteiger partial charge < -0.3 is 5.32 Å². The number of fused-ring (bicyclic) bond motifs is 2. The van der Waals surface area contributed by atoms with E-state index in [0.717, 1.165) is 18.8 Å². The summed E-state index contributed by atoms with van der Waals surface area (Å²) < 4.78 is 0. The van der Waals surface area contributed by atoms with Crippen LogP contribution in [-0.2, 0) is 11.2 Å². The highest BCUT2D eigenvalue weighted by Gasteiger charge is 2.43. The van der Waals surface area contributed by atoms with E-state index in [2.05, 4.69) is 43.4 Å². The van der Waals surface area contributed by atoms with Gasteiger partial charge in [-0.15, -0.1) is 0 Å². The molecule has 4 unspecified atom stereocenters. The molecule has 20 heavy (non-hydrogen) atoms. The predicted molar refractivity (Wildman–Crippen MR) is 81.3 cm³/mol. The standard InChI is InChI=1S/C18H25NO/c1-3-13-4-7-15(8-5-13)12(2)19-18(20)17-11-14-6-9-16(17)10-14/h4-5,7-8,12,14,16-17H,3,6,9-11H2,1-2H3,(H,19,20). The first-order valence-electron chi connectivity index (χ1n) is 8.06. The van der Waals surface area contributed by atoms with Crippen molar-refractivity contribution >= 4 is 5.91 Å². The lowest BCUT2D eigenvalue weighted by Crippen LogP contribution is -2.35. The van der Waals surface area contributed by atoms with Crippen molar-refractivity contribution in [2.75, 3.05) is 0 Å². The summed E-state index contributed by atoms with van der Waals surface area (Å²) in [5.41, 5.74) is 2.55. The molecule has 2 fully saturated rings. The van der Waals surface area contributed by atoms with Crippen LogP contribution in [0, 0.1) is 17.8 Å². The van der Waals surface area contributed by atoms with Gasteiger partial charge in [0.05, 0.1) is 6.04 Å². The van der Waals surface area contributed by atoms with Crippen LogP contribution in [0.1, 0.15) is 56.7 Å². The van der Waals surface area contributed by atoms with Crippen LogP contribution in [0.25, 0.3) is 0 Å². The van der Waals surface area contributed by atoms with Gasteiger partial charge in [0.15, 0.2) is 0 Å². The normalized spacial score (nSPS) is 29.4. The smallest absolute Gasteiger partial charge is 0.223 e. The second kappa shape index (κ2) is 5.59. The Hall–Kier alpha value is -1.31. The molecule has 1 N–H and O–H groups in total. The van der Waals surface area contributed by atoms with Crippen molar-refractivity contribution in [2.45, 2.75) is 52.0 Å². The quantitative estimate of drug-likeness (QED) is 0.885. The SMILES string of the molecule is CCc1ccc(C(C)NC(=O)C2CC3CCC2C3)cc1. The molecule has 1 aromatic carbocycles. The first kappa shape index (κ1) is 13.7. The van der Waals surface area contributed by atoms with Crippen molar-refractivity contribution in [1.82, 2.24) is 5.32 Å². The molecule has 4 atom stereocenters. The molecule has 2 saturated carbocycles. The molecule has 0 heterocycles. The Morgan fingerprint density at radius 1 is 1.25 bits per heavy atom. The fraction of sp³-hybridized carbons (Fsp3) is 0.611. The van der Waals surface area contributed by atoms with E-state index in [1.54, 1.807) is 0 Å². The van der Waals surface area contributed by atoms with Gasteiger partial charge in [0.25, 0.3) is 0 Å². The van der Waals surface area contributed by atoms with Crippen LogP contribution >= 0.6 is 0 Å². The third-order valence-corrected chi connectivity index (χ3v) is 5.32. The van der Waals surface area contributed by atoms with E-state index in [1.807, 2.05) is 0 Å². The Balaban J connectivity index is 1.60. The third kappa shape index (κ3) is 2.61. The highest BCUT2D eigenvalue weighted by Crippen LogP contribution is 2.48. The number of carbonyl (C=O) groups is 1. The van der Waals surface area contributed by atoms with Gasteiger partial charge in [-0.2, -0.15) is 0 Å². The summed E-state index contributed by atoms with van der Waals surface area (Å²) in [4.78, 5) is 12.4. The third-order valence-electron chi connectivity index (χ3n) is 5.32. The first-order valence-corrected chi connectivity index (χ1v) is 8.06. The van der Waals surface area contributed by atoms with Crippen LogP contribution in [0.4, 0.5) is 0 Å². The molecule has 1 aromatic rings. The molecule has 1 amide bonds. The summed E-state index contributed by atoms with van der Waals surface area (Å²) in [6.45, 7) is 4.25. The van der Waals surface area contributed by atoms with Crippen molar-refractivity contribution in [3.8, 4) is 0 Å². The molecule has 0 aromatic heterocycles. The van der Waals surface area contributed by atoms with E-state index in [9.17, 15) is 4.79 Å². The Labute approximate surface area is 122 Å². The number of aryl methyl sites for hydroxylation is 1.